The number of fused-ring (bicyclic) bond motifs is 1. The van der Waals surface area contributed by atoms with Crippen molar-refractivity contribution in [2.24, 2.45) is 5.92 Å². The summed E-state index contributed by atoms with van der Waals surface area (Å²) in [6.45, 7) is 1.34. The van der Waals surface area contributed by atoms with Crippen LogP contribution in [0.25, 0.3) is 11.1 Å². The lowest BCUT2D eigenvalue weighted by atomic mass is 9.88. The molecule has 1 aliphatic carbocycles. The number of hydrogen-bond donors (Lipinski definition) is 2. The van der Waals surface area contributed by atoms with Gasteiger partial charge >= 0.3 is 5.97 Å². The summed E-state index contributed by atoms with van der Waals surface area (Å²) in [6.07, 6.45) is 6.15. The highest BCUT2D eigenvalue weighted by Crippen LogP contribution is 2.30. The van der Waals surface area contributed by atoms with Crippen LogP contribution in [0.2, 0.25) is 0 Å². The largest absolute Gasteiger partial charge is 0.480 e. The molecule has 2 heterocycles. The molecule has 1 aromatic carbocycles. The normalized spacial score (nSPS) is 20.6. The zero-order chi connectivity index (χ0) is 19.6. The number of benzene rings is 1. The number of para-hydroxylation sites is 2. The van der Waals surface area contributed by atoms with E-state index in [0.717, 1.165) is 36.8 Å². The number of aromatic nitrogens is 1. The van der Waals surface area contributed by atoms with Gasteiger partial charge in [0.25, 0.3) is 6.01 Å². The summed E-state index contributed by atoms with van der Waals surface area (Å²) in [4.78, 5) is 31.3. The van der Waals surface area contributed by atoms with E-state index in [-0.39, 0.29) is 11.8 Å². The quantitative estimate of drug-likeness (QED) is 0.784. The van der Waals surface area contributed by atoms with E-state index in [9.17, 15) is 14.7 Å². The van der Waals surface area contributed by atoms with Crippen LogP contribution in [0.3, 0.4) is 0 Å². The fourth-order valence-corrected chi connectivity index (χ4v) is 4.39. The van der Waals surface area contributed by atoms with Gasteiger partial charge in [0, 0.05) is 19.0 Å². The third-order valence-electron chi connectivity index (χ3n) is 6.15. The van der Waals surface area contributed by atoms with Crippen LogP contribution >= 0.6 is 0 Å². The number of anilines is 1. The van der Waals surface area contributed by atoms with Crippen LogP contribution in [0.4, 0.5) is 6.01 Å². The van der Waals surface area contributed by atoms with Crippen LogP contribution in [-0.4, -0.2) is 40.6 Å². The highest BCUT2D eigenvalue weighted by molar-refractivity contribution is 5.88. The van der Waals surface area contributed by atoms with Crippen LogP contribution in [0.5, 0.6) is 0 Å². The number of aliphatic carboxylic acids is 1. The van der Waals surface area contributed by atoms with Gasteiger partial charge in [0.2, 0.25) is 5.91 Å². The van der Waals surface area contributed by atoms with Gasteiger partial charge in [-0.3, -0.25) is 4.79 Å². The maximum Gasteiger partial charge on any atom is 0.329 e. The lowest BCUT2D eigenvalue weighted by molar-refractivity contribution is -0.149. The van der Waals surface area contributed by atoms with Gasteiger partial charge in [-0.15, -0.1) is 0 Å². The number of nitrogens with one attached hydrogen (secondary N) is 1. The fraction of sp³-hybridized carbons (Fsp3) is 0.571. The molecule has 0 unspecified atom stereocenters. The van der Waals surface area contributed by atoms with Crippen LogP contribution in [0.1, 0.15) is 51.4 Å². The monoisotopic (exact) mass is 385 g/mol. The van der Waals surface area contributed by atoms with E-state index < -0.39 is 11.5 Å². The number of carbonyl (C=O) groups excluding carboxylic acids is 1. The Balaban J connectivity index is 1.38. The topological polar surface area (TPSA) is 95.7 Å². The van der Waals surface area contributed by atoms with Crippen LogP contribution in [0, 0.1) is 5.92 Å². The number of amides is 1. The fourth-order valence-electron chi connectivity index (χ4n) is 4.39. The molecule has 2 aliphatic rings. The first-order chi connectivity index (χ1) is 13.6. The first-order valence-corrected chi connectivity index (χ1v) is 10.2. The van der Waals surface area contributed by atoms with Gasteiger partial charge in [0.15, 0.2) is 5.58 Å². The Kier molecular flexibility index (Phi) is 5.24. The minimum absolute atomic E-state index is 0.124. The Morgan fingerprint density at radius 2 is 1.79 bits per heavy atom. The molecule has 0 atom stereocenters. The molecule has 1 saturated heterocycles. The van der Waals surface area contributed by atoms with Crippen molar-refractivity contribution in [2.75, 3.05) is 18.0 Å². The third kappa shape index (κ3) is 3.70. The number of carbonyl (C=O) groups is 2. The van der Waals surface area contributed by atoms with E-state index in [0.29, 0.717) is 44.8 Å². The zero-order valence-electron chi connectivity index (χ0n) is 16.0. The number of hydrogen-bond acceptors (Lipinski definition) is 5. The average molecular weight is 385 g/mol. The van der Waals surface area contributed by atoms with Gasteiger partial charge < -0.3 is 19.7 Å². The summed E-state index contributed by atoms with van der Waals surface area (Å²) in [6, 6.07) is 8.24. The average Bonchev–Trinajstić information content (AvgIpc) is 3.00. The molecule has 1 saturated carbocycles. The van der Waals surface area contributed by atoms with Gasteiger partial charge in [0.05, 0.1) is 0 Å². The van der Waals surface area contributed by atoms with Crippen molar-refractivity contribution in [2.45, 2.75) is 56.9 Å². The highest BCUT2D eigenvalue weighted by Gasteiger charge is 2.41. The number of nitrogens with zero attached hydrogens (tertiary/aromatic N) is 2. The molecule has 0 bridgehead atoms. The van der Waals surface area contributed by atoms with Gasteiger partial charge in [0.1, 0.15) is 11.1 Å². The second-order valence-corrected chi connectivity index (χ2v) is 8.02. The minimum atomic E-state index is -1.09. The standard InChI is InChI=1S/C21H27N3O4/c25-18(23-21(19(26)27)11-5-1-2-6-12-21)15-9-13-24(14-10-15)20-22-16-7-3-4-8-17(16)28-20/h3-4,7-8,15H,1-2,5-6,9-14H2,(H,23,25)(H,26,27). The molecule has 2 fully saturated rings. The van der Waals surface area contributed by atoms with Gasteiger partial charge in [-0.1, -0.05) is 37.8 Å². The van der Waals surface area contributed by atoms with Crippen molar-refractivity contribution in [1.29, 1.82) is 0 Å². The van der Waals surface area contributed by atoms with E-state index in [1.54, 1.807) is 0 Å². The number of carboxylic acid groups (broad SMARTS) is 1. The second-order valence-electron chi connectivity index (χ2n) is 8.02. The Hall–Kier alpha value is -2.57. The van der Waals surface area contributed by atoms with Crippen LogP contribution < -0.4 is 10.2 Å². The number of oxazole rings is 1. The van der Waals surface area contributed by atoms with Crippen molar-refractivity contribution in [3.63, 3.8) is 0 Å². The van der Waals surface area contributed by atoms with E-state index in [2.05, 4.69) is 15.2 Å². The molecule has 150 valence electrons. The van der Waals surface area contributed by atoms with Crippen molar-refractivity contribution < 1.29 is 19.1 Å². The predicted octanol–water partition coefficient (Wildman–Crippen LogP) is 3.34. The maximum atomic E-state index is 12.8. The van der Waals surface area contributed by atoms with E-state index in [4.69, 9.17) is 4.42 Å². The van der Waals surface area contributed by atoms with Gasteiger partial charge in [-0.2, -0.15) is 4.98 Å². The second kappa shape index (κ2) is 7.81. The van der Waals surface area contributed by atoms with Crippen molar-refractivity contribution in [1.82, 2.24) is 10.3 Å². The van der Waals surface area contributed by atoms with E-state index in [1.807, 2.05) is 24.3 Å². The Labute approximate surface area is 164 Å². The van der Waals surface area contributed by atoms with E-state index >= 15 is 0 Å². The summed E-state index contributed by atoms with van der Waals surface area (Å²) >= 11 is 0. The number of piperidine rings is 1. The van der Waals surface area contributed by atoms with Crippen molar-refractivity contribution >= 4 is 29.0 Å². The Morgan fingerprint density at radius 1 is 1.11 bits per heavy atom. The highest BCUT2D eigenvalue weighted by atomic mass is 16.4. The number of rotatable bonds is 4. The summed E-state index contributed by atoms with van der Waals surface area (Å²) in [5.41, 5.74) is 0.494. The van der Waals surface area contributed by atoms with Crippen molar-refractivity contribution in [3.05, 3.63) is 24.3 Å². The summed E-state index contributed by atoms with van der Waals surface area (Å²) in [7, 11) is 0. The molecule has 2 aromatic rings. The van der Waals surface area contributed by atoms with E-state index in [1.165, 1.54) is 0 Å². The molecule has 7 heteroatoms. The Bertz CT molecular complexity index is 813. The third-order valence-corrected chi connectivity index (χ3v) is 6.15. The molecule has 1 aliphatic heterocycles. The first-order valence-electron chi connectivity index (χ1n) is 10.2. The summed E-state index contributed by atoms with van der Waals surface area (Å²) in [5, 5.41) is 12.7. The van der Waals surface area contributed by atoms with Crippen LogP contribution in [-0.2, 0) is 9.59 Å². The first kappa shape index (κ1) is 18.8. The molecule has 4 rings (SSSR count). The van der Waals surface area contributed by atoms with Crippen molar-refractivity contribution in [3.8, 4) is 0 Å². The number of carboxylic acids is 1. The molecule has 2 N–H and O–H groups in total. The maximum absolute atomic E-state index is 12.8. The summed E-state index contributed by atoms with van der Waals surface area (Å²) in [5.74, 6) is -1.19. The van der Waals surface area contributed by atoms with Gasteiger partial charge in [-0.05, 0) is 37.8 Å². The molecule has 0 radical (unpaired) electrons. The molecule has 1 aromatic heterocycles. The smallest absolute Gasteiger partial charge is 0.329 e. The SMILES string of the molecule is O=C(NC1(C(=O)O)CCCCCC1)C1CCN(c2nc3ccccc3o2)CC1. The molecule has 28 heavy (non-hydrogen) atoms. The predicted molar refractivity (Wildman–Crippen MR) is 105 cm³/mol. The van der Waals surface area contributed by atoms with Crippen LogP contribution in [0.15, 0.2) is 28.7 Å². The minimum Gasteiger partial charge on any atom is -0.480 e. The summed E-state index contributed by atoms with van der Waals surface area (Å²) < 4.78 is 5.82. The molecular weight excluding hydrogens is 358 g/mol. The molecule has 0 spiro atoms. The zero-order valence-corrected chi connectivity index (χ0v) is 16.0. The Morgan fingerprint density at radius 3 is 2.43 bits per heavy atom. The molecular formula is C21H27N3O4. The molecule has 1 amide bonds. The lowest BCUT2D eigenvalue weighted by Gasteiger charge is -2.34. The van der Waals surface area contributed by atoms with Gasteiger partial charge in [-0.25, -0.2) is 4.79 Å². The molecule has 7 nitrogen and oxygen atoms in total. The lowest BCUT2D eigenvalue weighted by Crippen LogP contribution is -2.56.